The van der Waals surface area contributed by atoms with Gasteiger partial charge in [0.25, 0.3) is 0 Å². The van der Waals surface area contributed by atoms with Gasteiger partial charge in [-0.3, -0.25) is 0 Å². The molecule has 0 radical (unpaired) electrons. The first kappa shape index (κ1) is 11.8. The van der Waals surface area contributed by atoms with Crippen molar-refractivity contribution in [3.05, 3.63) is 70.8 Å². The topological polar surface area (TPSA) is 22.2 Å². The van der Waals surface area contributed by atoms with E-state index in [1.165, 1.54) is 0 Å². The molecule has 2 heterocycles. The second-order valence-electron chi connectivity index (χ2n) is 4.29. The van der Waals surface area contributed by atoms with Crippen LogP contribution in [0.2, 0.25) is 5.02 Å². The van der Waals surface area contributed by atoms with E-state index < -0.39 is 0 Å². The van der Waals surface area contributed by atoms with Gasteiger partial charge in [-0.05, 0) is 29.8 Å². The summed E-state index contributed by atoms with van der Waals surface area (Å²) >= 11 is 5.87. The molecule has 0 atom stereocenters. The lowest BCUT2D eigenvalue weighted by atomic mass is 10.2. The van der Waals surface area contributed by atoms with E-state index in [1.54, 1.807) is 6.20 Å². The smallest absolute Gasteiger partial charge is 0.205 e. The zero-order valence-electron chi connectivity index (χ0n) is 10.0. The molecule has 0 unspecified atom stereocenters. The van der Waals surface area contributed by atoms with Gasteiger partial charge in [0.2, 0.25) is 5.69 Å². The van der Waals surface area contributed by atoms with Crippen LogP contribution in [0, 0.1) is 6.57 Å². The minimum atomic E-state index is 0.566. The first-order valence-electron chi connectivity index (χ1n) is 5.83. The van der Waals surface area contributed by atoms with E-state index in [2.05, 4.69) is 14.4 Å². The summed E-state index contributed by atoms with van der Waals surface area (Å²) in [6.45, 7) is 7.73. The van der Waals surface area contributed by atoms with Gasteiger partial charge in [0.05, 0.1) is 6.57 Å². The van der Waals surface area contributed by atoms with Crippen LogP contribution in [-0.2, 0) is 6.54 Å². The van der Waals surface area contributed by atoms with E-state index in [0.717, 1.165) is 28.2 Å². The van der Waals surface area contributed by atoms with Crippen LogP contribution < -0.4 is 0 Å². The molecule has 0 amide bonds. The fourth-order valence-electron chi connectivity index (χ4n) is 2.04. The van der Waals surface area contributed by atoms with Crippen molar-refractivity contribution >= 4 is 28.3 Å². The van der Waals surface area contributed by atoms with Crippen LogP contribution in [0.25, 0.3) is 15.9 Å². The Bertz CT molecular complexity index is 766. The molecule has 0 N–H and O–H groups in total. The van der Waals surface area contributed by atoms with Crippen LogP contribution >= 0.6 is 11.6 Å². The lowest BCUT2D eigenvalue weighted by Gasteiger charge is -2.05. The maximum atomic E-state index is 6.99. The molecule has 0 saturated heterocycles. The Morgan fingerprint density at radius 1 is 1.21 bits per heavy atom. The number of nitrogens with zero attached hydrogens (tertiary/aromatic N) is 3. The third kappa shape index (κ3) is 2.31. The minimum absolute atomic E-state index is 0.566. The Balaban J connectivity index is 1.97. The summed E-state index contributed by atoms with van der Waals surface area (Å²) in [4.78, 5) is 7.74. The number of benzene rings is 1. The summed E-state index contributed by atoms with van der Waals surface area (Å²) in [5.74, 6) is 0. The highest BCUT2D eigenvalue weighted by Gasteiger charge is 2.04. The quantitative estimate of drug-likeness (QED) is 0.635. The monoisotopic (exact) mass is 267 g/mol. The van der Waals surface area contributed by atoms with Crippen molar-refractivity contribution in [2.75, 3.05) is 0 Å². The van der Waals surface area contributed by atoms with Gasteiger partial charge in [-0.15, -0.1) is 0 Å². The van der Waals surface area contributed by atoms with Crippen molar-refractivity contribution in [1.82, 2.24) is 9.55 Å². The van der Waals surface area contributed by atoms with Gasteiger partial charge < -0.3 is 4.57 Å². The number of halogens is 1. The summed E-state index contributed by atoms with van der Waals surface area (Å²) < 4.78 is 2.06. The predicted molar refractivity (Wildman–Crippen MR) is 76.5 cm³/mol. The van der Waals surface area contributed by atoms with Crippen molar-refractivity contribution in [3.63, 3.8) is 0 Å². The average molecular weight is 268 g/mol. The van der Waals surface area contributed by atoms with Gasteiger partial charge >= 0.3 is 0 Å². The zero-order chi connectivity index (χ0) is 13.2. The van der Waals surface area contributed by atoms with Gasteiger partial charge in [-0.25, -0.2) is 9.83 Å². The predicted octanol–water partition coefficient (Wildman–Crippen LogP) is 4.29. The lowest BCUT2D eigenvalue weighted by molar-refractivity contribution is 0.825. The molecule has 3 rings (SSSR count). The summed E-state index contributed by atoms with van der Waals surface area (Å²) in [5, 5.41) is 1.73. The zero-order valence-corrected chi connectivity index (χ0v) is 10.8. The molecule has 0 aliphatic heterocycles. The fourth-order valence-corrected chi connectivity index (χ4v) is 2.17. The number of pyridine rings is 1. The van der Waals surface area contributed by atoms with Crippen LogP contribution in [0.3, 0.4) is 0 Å². The number of fused-ring (bicyclic) bond motifs is 1. The maximum Gasteiger partial charge on any atom is 0.205 e. The summed E-state index contributed by atoms with van der Waals surface area (Å²) in [7, 11) is 0. The molecule has 0 aliphatic rings. The number of rotatable bonds is 2. The summed E-state index contributed by atoms with van der Waals surface area (Å²) in [6.07, 6.45) is 3.59. The van der Waals surface area contributed by atoms with Crippen LogP contribution in [-0.4, -0.2) is 9.55 Å². The number of hydrogen-bond donors (Lipinski definition) is 0. The van der Waals surface area contributed by atoms with Crippen LogP contribution in [0.1, 0.15) is 5.56 Å². The Morgan fingerprint density at radius 2 is 2.00 bits per heavy atom. The first-order valence-corrected chi connectivity index (χ1v) is 6.21. The minimum Gasteiger partial charge on any atom is -0.328 e. The van der Waals surface area contributed by atoms with Crippen molar-refractivity contribution in [3.8, 4) is 0 Å². The van der Waals surface area contributed by atoms with Crippen LogP contribution in [0.15, 0.2) is 48.8 Å². The van der Waals surface area contributed by atoms with Gasteiger partial charge in [0, 0.05) is 29.3 Å². The Hall–Kier alpha value is -2.31. The van der Waals surface area contributed by atoms with E-state index in [-0.39, 0.29) is 0 Å². The van der Waals surface area contributed by atoms with Crippen LogP contribution in [0.4, 0.5) is 5.69 Å². The SMILES string of the molecule is [C-]#[N+]c1cnc2c(ccn2Cc2ccc(Cl)cc2)c1. The molecule has 0 aliphatic carbocycles. The van der Waals surface area contributed by atoms with Gasteiger partial charge in [-0.1, -0.05) is 23.7 Å². The molecular formula is C15H10ClN3. The highest BCUT2D eigenvalue weighted by atomic mass is 35.5. The highest BCUT2D eigenvalue weighted by molar-refractivity contribution is 6.30. The van der Waals surface area contributed by atoms with E-state index in [4.69, 9.17) is 18.2 Å². The van der Waals surface area contributed by atoms with E-state index in [0.29, 0.717) is 5.69 Å². The summed E-state index contributed by atoms with van der Waals surface area (Å²) in [6, 6.07) is 11.6. The van der Waals surface area contributed by atoms with Gasteiger partial charge in [0.15, 0.2) is 0 Å². The maximum absolute atomic E-state index is 6.99. The van der Waals surface area contributed by atoms with Crippen molar-refractivity contribution in [2.45, 2.75) is 6.54 Å². The summed E-state index contributed by atoms with van der Waals surface area (Å²) in [5.41, 5.74) is 2.62. The van der Waals surface area contributed by atoms with Crippen molar-refractivity contribution < 1.29 is 0 Å². The average Bonchev–Trinajstić information content (AvgIpc) is 2.83. The molecule has 3 aromatic rings. The van der Waals surface area contributed by atoms with E-state index in [9.17, 15) is 0 Å². The third-order valence-electron chi connectivity index (χ3n) is 2.98. The standard InChI is InChI=1S/C15H10ClN3/c1-17-14-8-12-6-7-19(15(12)18-9-14)10-11-2-4-13(16)5-3-11/h2-9H,10H2. The normalized spacial score (nSPS) is 10.5. The van der Waals surface area contributed by atoms with E-state index >= 15 is 0 Å². The lowest BCUT2D eigenvalue weighted by Crippen LogP contribution is -1.98. The molecule has 0 fully saturated rings. The molecule has 3 nitrogen and oxygen atoms in total. The van der Waals surface area contributed by atoms with Gasteiger partial charge in [-0.2, -0.15) is 0 Å². The van der Waals surface area contributed by atoms with Crippen LogP contribution in [0.5, 0.6) is 0 Å². The molecule has 2 aromatic heterocycles. The highest BCUT2D eigenvalue weighted by Crippen LogP contribution is 2.21. The third-order valence-corrected chi connectivity index (χ3v) is 3.23. The largest absolute Gasteiger partial charge is 0.328 e. The Labute approximate surface area is 115 Å². The molecule has 92 valence electrons. The molecular weight excluding hydrogens is 258 g/mol. The van der Waals surface area contributed by atoms with Gasteiger partial charge in [0.1, 0.15) is 5.65 Å². The second-order valence-corrected chi connectivity index (χ2v) is 4.72. The first-order chi connectivity index (χ1) is 9.26. The molecule has 1 aromatic carbocycles. The molecule has 0 saturated carbocycles. The molecule has 4 heteroatoms. The molecule has 0 bridgehead atoms. The molecule has 19 heavy (non-hydrogen) atoms. The Morgan fingerprint density at radius 3 is 2.74 bits per heavy atom. The Kier molecular flexibility index (Phi) is 2.94. The number of aromatic nitrogens is 2. The number of hydrogen-bond acceptors (Lipinski definition) is 1. The molecule has 0 spiro atoms. The van der Waals surface area contributed by atoms with Crippen molar-refractivity contribution in [2.24, 2.45) is 0 Å². The van der Waals surface area contributed by atoms with Crippen molar-refractivity contribution in [1.29, 1.82) is 0 Å². The fraction of sp³-hybridized carbons (Fsp3) is 0.0667. The second kappa shape index (κ2) is 4.75. The van der Waals surface area contributed by atoms with E-state index in [1.807, 2.05) is 42.6 Å².